The van der Waals surface area contributed by atoms with Crippen LogP contribution in [0.2, 0.25) is 0 Å². The van der Waals surface area contributed by atoms with E-state index in [9.17, 15) is 9.59 Å². The number of carbonyl (C=O) groups excluding carboxylic acids is 2. The Bertz CT molecular complexity index is 1100. The van der Waals surface area contributed by atoms with Crippen LogP contribution in [0.4, 0.5) is 5.69 Å². The van der Waals surface area contributed by atoms with Gasteiger partial charge in [0, 0.05) is 14.7 Å². The van der Waals surface area contributed by atoms with Gasteiger partial charge in [-0.2, -0.15) is 5.10 Å². The standard InChI is InChI=1S/C21H14IN3O3/c22-14-9-10-18-17(12-14)19(21(27)23-18)24-25-20(26)13-5-4-8-16(11-13)28-15-6-2-1-3-7-15/h1-12H,(H,25,26)(H,23,24,27). The van der Waals surface area contributed by atoms with Gasteiger partial charge in [0.2, 0.25) is 0 Å². The van der Waals surface area contributed by atoms with Crippen LogP contribution >= 0.6 is 22.6 Å². The Labute approximate surface area is 174 Å². The molecule has 0 aromatic heterocycles. The molecule has 6 nitrogen and oxygen atoms in total. The summed E-state index contributed by atoms with van der Waals surface area (Å²) >= 11 is 2.16. The van der Waals surface area contributed by atoms with E-state index < -0.39 is 5.91 Å². The summed E-state index contributed by atoms with van der Waals surface area (Å²) in [5.41, 5.74) is 4.35. The highest BCUT2D eigenvalue weighted by Crippen LogP contribution is 2.25. The van der Waals surface area contributed by atoms with Crippen LogP contribution in [0.15, 0.2) is 77.9 Å². The predicted molar refractivity (Wildman–Crippen MR) is 115 cm³/mol. The van der Waals surface area contributed by atoms with E-state index >= 15 is 0 Å². The van der Waals surface area contributed by atoms with Crippen molar-refractivity contribution in [1.82, 2.24) is 5.43 Å². The summed E-state index contributed by atoms with van der Waals surface area (Å²) in [5.74, 6) is 0.426. The molecule has 4 rings (SSSR count). The average molecular weight is 483 g/mol. The van der Waals surface area contributed by atoms with Crippen LogP contribution in [0.5, 0.6) is 11.5 Å². The Kier molecular flexibility index (Phi) is 5.07. The molecule has 28 heavy (non-hydrogen) atoms. The first-order valence-electron chi connectivity index (χ1n) is 8.42. The number of fused-ring (bicyclic) bond motifs is 1. The Morgan fingerprint density at radius 1 is 0.964 bits per heavy atom. The van der Waals surface area contributed by atoms with E-state index in [1.165, 1.54) is 0 Å². The molecule has 1 aliphatic rings. The van der Waals surface area contributed by atoms with Crippen molar-refractivity contribution < 1.29 is 14.3 Å². The summed E-state index contributed by atoms with van der Waals surface area (Å²) in [6.45, 7) is 0. The number of hydrogen-bond acceptors (Lipinski definition) is 4. The Morgan fingerprint density at radius 2 is 1.75 bits per heavy atom. The maximum Gasteiger partial charge on any atom is 0.276 e. The van der Waals surface area contributed by atoms with E-state index in [1.54, 1.807) is 24.3 Å². The van der Waals surface area contributed by atoms with Gasteiger partial charge in [0.25, 0.3) is 11.8 Å². The van der Waals surface area contributed by atoms with Crippen molar-refractivity contribution >= 4 is 45.8 Å². The lowest BCUT2D eigenvalue weighted by atomic mass is 10.1. The maximum absolute atomic E-state index is 12.5. The molecule has 0 aliphatic carbocycles. The predicted octanol–water partition coefficient (Wildman–Crippen LogP) is 4.17. The highest BCUT2D eigenvalue weighted by molar-refractivity contribution is 14.1. The Balaban J connectivity index is 1.52. The van der Waals surface area contributed by atoms with E-state index in [0.29, 0.717) is 28.3 Å². The van der Waals surface area contributed by atoms with Gasteiger partial charge >= 0.3 is 0 Å². The van der Waals surface area contributed by atoms with E-state index in [0.717, 1.165) is 3.57 Å². The lowest BCUT2D eigenvalue weighted by Crippen LogP contribution is -2.23. The molecule has 0 unspecified atom stereocenters. The topological polar surface area (TPSA) is 79.8 Å². The summed E-state index contributed by atoms with van der Waals surface area (Å²) in [6.07, 6.45) is 0. The smallest absolute Gasteiger partial charge is 0.276 e. The second kappa shape index (κ2) is 7.81. The number of nitrogens with one attached hydrogen (secondary N) is 2. The average Bonchev–Trinajstić information content (AvgIpc) is 3.01. The van der Waals surface area contributed by atoms with Crippen LogP contribution < -0.4 is 15.5 Å². The Morgan fingerprint density at radius 3 is 2.57 bits per heavy atom. The van der Waals surface area contributed by atoms with Gasteiger partial charge in [-0.05, 0) is 71.1 Å². The monoisotopic (exact) mass is 483 g/mol. The number of carbonyl (C=O) groups is 2. The molecule has 0 fully saturated rings. The van der Waals surface area contributed by atoms with Crippen LogP contribution in [-0.4, -0.2) is 17.5 Å². The first-order chi connectivity index (χ1) is 13.6. The van der Waals surface area contributed by atoms with Crippen molar-refractivity contribution in [2.75, 3.05) is 5.32 Å². The number of amides is 2. The van der Waals surface area contributed by atoms with E-state index in [2.05, 4.69) is 38.4 Å². The molecule has 2 N–H and O–H groups in total. The SMILES string of the molecule is O=C1Nc2ccc(I)cc2/C1=N\NC(=O)c1cccc(Oc2ccccc2)c1. The van der Waals surface area contributed by atoms with Crippen LogP contribution in [0.1, 0.15) is 15.9 Å². The number of anilines is 1. The fraction of sp³-hybridized carbons (Fsp3) is 0. The molecule has 0 saturated heterocycles. The molecule has 0 radical (unpaired) electrons. The van der Waals surface area contributed by atoms with Crippen molar-refractivity contribution in [2.24, 2.45) is 5.10 Å². The van der Waals surface area contributed by atoms with Crippen LogP contribution in [-0.2, 0) is 4.79 Å². The van der Waals surface area contributed by atoms with Crippen molar-refractivity contribution in [3.05, 3.63) is 87.5 Å². The number of para-hydroxylation sites is 1. The minimum absolute atomic E-state index is 0.179. The molecule has 0 saturated carbocycles. The normalized spacial score (nSPS) is 13.8. The van der Waals surface area contributed by atoms with Crippen LogP contribution in [0.25, 0.3) is 0 Å². The number of rotatable bonds is 4. The van der Waals surface area contributed by atoms with Crippen molar-refractivity contribution in [3.8, 4) is 11.5 Å². The molecule has 3 aromatic rings. The zero-order valence-corrected chi connectivity index (χ0v) is 16.6. The summed E-state index contributed by atoms with van der Waals surface area (Å²) in [5, 5.41) is 6.77. The lowest BCUT2D eigenvalue weighted by Gasteiger charge is -2.07. The van der Waals surface area contributed by atoms with Gasteiger partial charge in [-0.15, -0.1) is 0 Å². The van der Waals surface area contributed by atoms with Crippen molar-refractivity contribution in [1.29, 1.82) is 0 Å². The highest BCUT2D eigenvalue weighted by atomic mass is 127. The van der Waals surface area contributed by atoms with Crippen LogP contribution in [0.3, 0.4) is 0 Å². The third-order valence-electron chi connectivity index (χ3n) is 4.04. The molecular formula is C21H14IN3O3. The number of hydrazone groups is 1. The number of ether oxygens (including phenoxy) is 1. The van der Waals surface area contributed by atoms with Gasteiger partial charge in [0.1, 0.15) is 11.5 Å². The second-order valence-corrected chi connectivity index (χ2v) is 7.23. The van der Waals surface area contributed by atoms with Crippen molar-refractivity contribution in [3.63, 3.8) is 0 Å². The molecule has 138 valence electrons. The third kappa shape index (κ3) is 3.89. The molecule has 7 heteroatoms. The molecule has 1 heterocycles. The fourth-order valence-electron chi connectivity index (χ4n) is 2.73. The first-order valence-corrected chi connectivity index (χ1v) is 9.50. The van der Waals surface area contributed by atoms with Gasteiger partial charge < -0.3 is 10.1 Å². The summed E-state index contributed by atoms with van der Waals surface area (Å²) in [7, 11) is 0. The number of hydrogen-bond donors (Lipinski definition) is 2. The van der Waals surface area contributed by atoms with E-state index in [1.807, 2.05) is 48.5 Å². The van der Waals surface area contributed by atoms with Gasteiger partial charge in [-0.1, -0.05) is 24.3 Å². The largest absolute Gasteiger partial charge is 0.457 e. The highest BCUT2D eigenvalue weighted by Gasteiger charge is 2.26. The fourth-order valence-corrected chi connectivity index (χ4v) is 3.22. The molecular weight excluding hydrogens is 469 g/mol. The van der Waals surface area contributed by atoms with Gasteiger partial charge in [-0.25, -0.2) is 5.43 Å². The maximum atomic E-state index is 12.5. The minimum Gasteiger partial charge on any atom is -0.457 e. The molecule has 1 aliphatic heterocycles. The summed E-state index contributed by atoms with van der Waals surface area (Å²) < 4.78 is 6.71. The number of benzene rings is 3. The lowest BCUT2D eigenvalue weighted by molar-refractivity contribution is -0.110. The number of nitrogens with zero attached hydrogens (tertiary/aromatic N) is 1. The van der Waals surface area contributed by atoms with E-state index in [-0.39, 0.29) is 11.6 Å². The molecule has 3 aromatic carbocycles. The zero-order valence-electron chi connectivity index (χ0n) is 14.5. The van der Waals surface area contributed by atoms with Crippen molar-refractivity contribution in [2.45, 2.75) is 0 Å². The molecule has 2 amide bonds. The van der Waals surface area contributed by atoms with E-state index in [4.69, 9.17) is 4.74 Å². The first kappa shape index (κ1) is 18.2. The second-order valence-electron chi connectivity index (χ2n) is 5.99. The summed E-state index contributed by atoms with van der Waals surface area (Å²) in [4.78, 5) is 24.6. The van der Waals surface area contributed by atoms with Gasteiger partial charge in [-0.3, -0.25) is 9.59 Å². The minimum atomic E-state index is -0.433. The molecule has 0 bridgehead atoms. The Hall–Kier alpha value is -3.20. The molecule has 0 spiro atoms. The third-order valence-corrected chi connectivity index (χ3v) is 4.72. The summed E-state index contributed by atoms with van der Waals surface area (Å²) in [6, 6.07) is 21.6. The zero-order chi connectivity index (χ0) is 19.5. The van der Waals surface area contributed by atoms with Crippen LogP contribution in [0, 0.1) is 3.57 Å². The quantitative estimate of drug-likeness (QED) is 0.432. The van der Waals surface area contributed by atoms with Gasteiger partial charge in [0.15, 0.2) is 5.71 Å². The molecule has 0 atom stereocenters. The number of halogens is 1. The van der Waals surface area contributed by atoms with Gasteiger partial charge in [0.05, 0.1) is 5.69 Å².